The normalized spacial score (nSPS) is 10.3. The third kappa shape index (κ3) is 3.87. The highest BCUT2D eigenvalue weighted by Gasteiger charge is 2.15. The lowest BCUT2D eigenvalue weighted by atomic mass is 10.1. The van der Waals surface area contributed by atoms with E-state index in [4.69, 9.17) is 16.9 Å². The number of rotatable bonds is 4. The first-order valence-electron chi connectivity index (χ1n) is 7.62. The van der Waals surface area contributed by atoms with Gasteiger partial charge in [0.2, 0.25) is 0 Å². The molecule has 0 radical (unpaired) electrons. The molecule has 0 N–H and O–H groups in total. The average molecular weight is 351 g/mol. The van der Waals surface area contributed by atoms with Gasteiger partial charge in [-0.1, -0.05) is 29.8 Å². The van der Waals surface area contributed by atoms with E-state index in [1.165, 1.54) is 0 Å². The molecule has 0 spiro atoms. The summed E-state index contributed by atoms with van der Waals surface area (Å²) in [7, 11) is 1.73. The second-order valence-electron chi connectivity index (χ2n) is 5.62. The summed E-state index contributed by atoms with van der Waals surface area (Å²) in [5.74, 6) is -0.127. The first-order chi connectivity index (χ1) is 12.1. The molecule has 0 fully saturated rings. The van der Waals surface area contributed by atoms with Gasteiger partial charge in [0, 0.05) is 24.8 Å². The maximum atomic E-state index is 12.6. The van der Waals surface area contributed by atoms with E-state index in [0.29, 0.717) is 22.7 Å². The highest BCUT2D eigenvalue weighted by molar-refractivity contribution is 6.30. The molecule has 0 saturated carbocycles. The minimum Gasteiger partial charge on any atom is -0.337 e. The number of halogens is 1. The summed E-state index contributed by atoms with van der Waals surface area (Å²) in [5.41, 5.74) is 2.84. The Labute approximate surface area is 150 Å². The minimum absolute atomic E-state index is 0.127. The zero-order chi connectivity index (χ0) is 17.8. The fraction of sp³-hybridized carbons (Fsp3) is 0.105. The second-order valence-corrected chi connectivity index (χ2v) is 6.06. The van der Waals surface area contributed by atoms with Crippen LogP contribution in [0.5, 0.6) is 0 Å². The van der Waals surface area contributed by atoms with Crippen LogP contribution in [-0.4, -0.2) is 27.6 Å². The van der Waals surface area contributed by atoms with Crippen LogP contribution < -0.4 is 0 Å². The first-order valence-corrected chi connectivity index (χ1v) is 8.00. The second kappa shape index (κ2) is 7.20. The summed E-state index contributed by atoms with van der Waals surface area (Å²) < 4.78 is 1.62. The summed E-state index contributed by atoms with van der Waals surface area (Å²) in [5, 5.41) is 13.7. The van der Waals surface area contributed by atoms with E-state index >= 15 is 0 Å². The van der Waals surface area contributed by atoms with Crippen molar-refractivity contribution in [1.82, 2.24) is 14.7 Å². The molecule has 0 bridgehead atoms. The van der Waals surface area contributed by atoms with E-state index in [-0.39, 0.29) is 5.91 Å². The molecule has 0 unspecified atom stereocenters. The number of benzene rings is 2. The predicted molar refractivity (Wildman–Crippen MR) is 95.5 cm³/mol. The third-order valence-corrected chi connectivity index (χ3v) is 3.99. The molecule has 1 aromatic heterocycles. The molecule has 25 heavy (non-hydrogen) atoms. The number of carbonyl (C=O) groups is 1. The Kier molecular flexibility index (Phi) is 4.82. The van der Waals surface area contributed by atoms with Gasteiger partial charge in [-0.3, -0.25) is 4.79 Å². The number of hydrogen-bond acceptors (Lipinski definition) is 3. The van der Waals surface area contributed by atoms with E-state index < -0.39 is 0 Å². The Hall–Kier alpha value is -3.10. The molecule has 3 aromatic rings. The molecule has 5 nitrogen and oxygen atoms in total. The lowest BCUT2D eigenvalue weighted by Gasteiger charge is -2.16. The van der Waals surface area contributed by atoms with Gasteiger partial charge in [-0.2, -0.15) is 10.4 Å². The van der Waals surface area contributed by atoms with E-state index in [9.17, 15) is 4.79 Å². The Morgan fingerprint density at radius 2 is 2.04 bits per heavy atom. The van der Waals surface area contributed by atoms with Crippen LogP contribution in [0.1, 0.15) is 21.5 Å². The monoisotopic (exact) mass is 350 g/mol. The molecule has 124 valence electrons. The molecule has 6 heteroatoms. The van der Waals surface area contributed by atoms with Crippen LogP contribution in [0, 0.1) is 11.3 Å². The van der Waals surface area contributed by atoms with E-state index in [2.05, 4.69) is 11.2 Å². The molecule has 0 atom stereocenters. The van der Waals surface area contributed by atoms with Crippen molar-refractivity contribution >= 4 is 17.5 Å². The Balaban J connectivity index is 1.73. The largest absolute Gasteiger partial charge is 0.337 e. The first kappa shape index (κ1) is 16.7. The molecule has 0 saturated heterocycles. The smallest absolute Gasteiger partial charge is 0.257 e. The molecule has 0 aliphatic carbocycles. The lowest BCUT2D eigenvalue weighted by Crippen LogP contribution is -2.25. The SMILES string of the molecule is CN(Cc1ccc(C#N)cc1)C(=O)c1cnn(-c2cccc(Cl)c2)c1. The fourth-order valence-electron chi connectivity index (χ4n) is 2.44. The molecule has 1 heterocycles. The summed E-state index contributed by atoms with van der Waals surface area (Å²) in [4.78, 5) is 14.2. The summed E-state index contributed by atoms with van der Waals surface area (Å²) in [6.07, 6.45) is 3.22. The quantitative estimate of drug-likeness (QED) is 0.721. The average Bonchev–Trinajstić information content (AvgIpc) is 3.12. The van der Waals surface area contributed by atoms with Crippen LogP contribution in [0.3, 0.4) is 0 Å². The molecule has 0 aliphatic heterocycles. The van der Waals surface area contributed by atoms with Crippen molar-refractivity contribution < 1.29 is 4.79 Å². The van der Waals surface area contributed by atoms with Crippen LogP contribution in [0.15, 0.2) is 60.9 Å². The topological polar surface area (TPSA) is 61.9 Å². The van der Waals surface area contributed by atoms with Crippen LogP contribution >= 0.6 is 11.6 Å². The molecule has 3 rings (SSSR count). The van der Waals surface area contributed by atoms with Gasteiger partial charge in [0.05, 0.1) is 29.1 Å². The van der Waals surface area contributed by atoms with Gasteiger partial charge in [0.1, 0.15) is 0 Å². The van der Waals surface area contributed by atoms with Gasteiger partial charge in [0.25, 0.3) is 5.91 Å². The molecule has 2 aromatic carbocycles. The minimum atomic E-state index is -0.127. The summed E-state index contributed by atoms with van der Waals surface area (Å²) in [6.45, 7) is 0.451. The third-order valence-electron chi connectivity index (χ3n) is 3.75. The van der Waals surface area contributed by atoms with Gasteiger partial charge < -0.3 is 4.90 Å². The number of nitriles is 1. The van der Waals surface area contributed by atoms with Crippen molar-refractivity contribution in [1.29, 1.82) is 5.26 Å². The number of nitrogens with zero attached hydrogens (tertiary/aromatic N) is 4. The van der Waals surface area contributed by atoms with E-state index in [1.54, 1.807) is 53.3 Å². The van der Waals surface area contributed by atoms with Crippen molar-refractivity contribution in [2.75, 3.05) is 7.05 Å². The van der Waals surface area contributed by atoms with Crippen molar-refractivity contribution in [2.24, 2.45) is 0 Å². The Morgan fingerprint density at radius 3 is 2.72 bits per heavy atom. The standard InChI is InChI=1S/C19H15ClN4O/c1-23(12-15-7-5-14(10-21)6-8-15)19(25)16-11-22-24(13-16)18-4-2-3-17(20)9-18/h2-9,11,13H,12H2,1H3. The highest BCUT2D eigenvalue weighted by Crippen LogP contribution is 2.16. The van der Waals surface area contributed by atoms with E-state index in [1.807, 2.05) is 24.3 Å². The fourth-order valence-corrected chi connectivity index (χ4v) is 2.63. The van der Waals surface area contributed by atoms with Gasteiger partial charge in [-0.25, -0.2) is 4.68 Å². The van der Waals surface area contributed by atoms with Crippen molar-refractivity contribution in [2.45, 2.75) is 6.54 Å². The number of carbonyl (C=O) groups excluding carboxylic acids is 1. The highest BCUT2D eigenvalue weighted by atomic mass is 35.5. The maximum Gasteiger partial charge on any atom is 0.257 e. The van der Waals surface area contributed by atoms with Crippen LogP contribution in [-0.2, 0) is 6.54 Å². The maximum absolute atomic E-state index is 12.6. The van der Waals surface area contributed by atoms with Crippen LogP contribution in [0.25, 0.3) is 5.69 Å². The van der Waals surface area contributed by atoms with E-state index in [0.717, 1.165) is 11.3 Å². The number of amides is 1. The zero-order valence-electron chi connectivity index (χ0n) is 13.6. The summed E-state index contributed by atoms with van der Waals surface area (Å²) >= 11 is 5.99. The van der Waals surface area contributed by atoms with Crippen molar-refractivity contribution in [3.05, 3.63) is 82.6 Å². The van der Waals surface area contributed by atoms with Crippen LogP contribution in [0.2, 0.25) is 5.02 Å². The van der Waals surface area contributed by atoms with Crippen LogP contribution in [0.4, 0.5) is 0 Å². The van der Waals surface area contributed by atoms with Gasteiger partial charge >= 0.3 is 0 Å². The van der Waals surface area contributed by atoms with Crippen molar-refractivity contribution in [3.63, 3.8) is 0 Å². The molecule has 0 aliphatic rings. The van der Waals surface area contributed by atoms with Gasteiger partial charge in [-0.15, -0.1) is 0 Å². The molecular weight excluding hydrogens is 336 g/mol. The molecular formula is C19H15ClN4O. The zero-order valence-corrected chi connectivity index (χ0v) is 14.3. The Morgan fingerprint density at radius 1 is 1.28 bits per heavy atom. The Bertz CT molecular complexity index is 941. The van der Waals surface area contributed by atoms with Crippen molar-refractivity contribution in [3.8, 4) is 11.8 Å². The van der Waals surface area contributed by atoms with Gasteiger partial charge in [-0.05, 0) is 35.9 Å². The predicted octanol–water partition coefficient (Wildman–Crippen LogP) is 3.67. The summed E-state index contributed by atoms with van der Waals surface area (Å²) in [6, 6.07) is 16.5. The number of hydrogen-bond donors (Lipinski definition) is 0. The van der Waals surface area contributed by atoms with Gasteiger partial charge in [0.15, 0.2) is 0 Å². The number of aromatic nitrogens is 2. The lowest BCUT2D eigenvalue weighted by molar-refractivity contribution is 0.0785. The molecule has 1 amide bonds.